The highest BCUT2D eigenvalue weighted by Gasteiger charge is 2.39. The summed E-state index contributed by atoms with van der Waals surface area (Å²) in [4.78, 5) is 54.9. The number of nitrogens with one attached hydrogen (secondary N) is 1. The molecule has 1 aliphatic rings. The molecule has 0 saturated carbocycles. The highest BCUT2D eigenvalue weighted by atomic mass is 31.2. The van der Waals surface area contributed by atoms with Crippen molar-refractivity contribution in [3.63, 3.8) is 0 Å². The zero-order valence-electron chi connectivity index (χ0n) is 22.3. The van der Waals surface area contributed by atoms with E-state index in [0.717, 1.165) is 44.9 Å². The number of hydrogen-bond acceptors (Lipinski definition) is 4. The lowest BCUT2D eigenvalue weighted by molar-refractivity contribution is -0.140. The second-order valence-corrected chi connectivity index (χ2v) is 12.2. The summed E-state index contributed by atoms with van der Waals surface area (Å²) in [6.07, 6.45) is 14.2. The summed E-state index contributed by atoms with van der Waals surface area (Å²) >= 11 is 0. The molecule has 36 heavy (non-hydrogen) atoms. The summed E-state index contributed by atoms with van der Waals surface area (Å²) in [5.41, 5.74) is 0. The number of alkyl halides is 1. The molecule has 210 valence electrons. The van der Waals surface area contributed by atoms with Gasteiger partial charge in [0.1, 0.15) is 0 Å². The van der Waals surface area contributed by atoms with Crippen LogP contribution in [-0.4, -0.2) is 51.4 Å². The fourth-order valence-corrected chi connectivity index (χ4v) is 5.09. The minimum absolute atomic E-state index is 0.0270. The molecule has 0 radical (unpaired) electrons. The van der Waals surface area contributed by atoms with Gasteiger partial charge >= 0.3 is 7.60 Å². The fraction of sp³-hybridized carbons (Fsp3) is 0.885. The van der Waals surface area contributed by atoms with Gasteiger partial charge in [-0.15, -0.1) is 0 Å². The first-order chi connectivity index (χ1) is 17.0. The number of hydrogen-bond donors (Lipinski definition) is 3. The van der Waals surface area contributed by atoms with Gasteiger partial charge in [0, 0.05) is 31.8 Å². The van der Waals surface area contributed by atoms with Crippen LogP contribution < -0.4 is 5.32 Å². The molecule has 10 heteroatoms. The van der Waals surface area contributed by atoms with Crippen LogP contribution in [-0.2, 0) is 18.9 Å². The third-order valence-electron chi connectivity index (χ3n) is 6.95. The zero-order valence-corrected chi connectivity index (χ0v) is 23.2. The van der Waals surface area contributed by atoms with E-state index in [9.17, 15) is 23.3 Å². The number of halogens is 1. The van der Waals surface area contributed by atoms with Crippen molar-refractivity contribution >= 4 is 25.3 Å². The fourth-order valence-electron chi connectivity index (χ4n) is 4.57. The molecule has 1 saturated heterocycles. The van der Waals surface area contributed by atoms with Gasteiger partial charge in [-0.1, -0.05) is 84.5 Å². The van der Waals surface area contributed by atoms with Crippen LogP contribution in [0.1, 0.15) is 117 Å². The van der Waals surface area contributed by atoms with Crippen molar-refractivity contribution in [3.8, 4) is 0 Å². The van der Waals surface area contributed by atoms with E-state index >= 15 is 0 Å². The van der Waals surface area contributed by atoms with Crippen LogP contribution >= 0.6 is 7.60 Å². The molecule has 0 aromatic heterocycles. The molecule has 1 fully saturated rings. The Balaban J connectivity index is 1.87. The first-order valence-electron chi connectivity index (χ1n) is 13.8. The third kappa shape index (κ3) is 13.8. The zero-order chi connectivity index (χ0) is 27.0. The molecular formula is C26H48FN2O6P. The van der Waals surface area contributed by atoms with E-state index in [2.05, 4.69) is 5.32 Å². The summed E-state index contributed by atoms with van der Waals surface area (Å²) < 4.78 is 23.9. The Bertz CT molecular complexity index is 715. The number of rotatable bonds is 21. The number of carbonyl (C=O) groups excluding carboxylic acids is 3. The number of unbranched alkanes of at least 4 members (excludes halogenated alkanes) is 12. The molecule has 3 N–H and O–H groups in total. The Hall–Kier alpha value is -1.31. The van der Waals surface area contributed by atoms with Gasteiger partial charge < -0.3 is 15.1 Å². The Labute approximate surface area is 216 Å². The summed E-state index contributed by atoms with van der Waals surface area (Å²) in [6.45, 7) is 4.46. The molecule has 8 nitrogen and oxygen atoms in total. The summed E-state index contributed by atoms with van der Waals surface area (Å²) in [5.74, 6) is -2.38. The predicted octanol–water partition coefficient (Wildman–Crippen LogP) is 5.46. The van der Waals surface area contributed by atoms with Gasteiger partial charge in [0.25, 0.3) is 0 Å². The predicted molar refractivity (Wildman–Crippen MR) is 139 cm³/mol. The molecule has 1 rings (SSSR count). The topological polar surface area (TPSA) is 124 Å². The standard InChI is InChI=1S/C26H48FN2O6P/c1-21(2)22-20-25(31)29(26(22)32)19-18-28-24(30)17-15-13-11-9-7-5-3-4-6-8-10-12-14-16-23(27)36(33,34)35/h21-23H,3-20H2,1-2H3,(H,28,30)(H2,33,34,35). The van der Waals surface area contributed by atoms with Crippen molar-refractivity contribution in [3.05, 3.63) is 0 Å². The molecule has 1 heterocycles. The average Bonchev–Trinajstić information content (AvgIpc) is 3.09. The van der Waals surface area contributed by atoms with Crippen LogP contribution in [0.25, 0.3) is 0 Å². The summed E-state index contributed by atoms with van der Waals surface area (Å²) in [5, 5.41) is 2.82. The van der Waals surface area contributed by atoms with Gasteiger partial charge in [-0.05, 0) is 25.2 Å². The monoisotopic (exact) mass is 534 g/mol. The van der Waals surface area contributed by atoms with Crippen molar-refractivity contribution in [2.45, 2.75) is 122 Å². The maximum absolute atomic E-state index is 13.1. The number of carbonyl (C=O) groups is 3. The number of imide groups is 1. The maximum atomic E-state index is 13.1. The minimum atomic E-state index is -4.57. The smallest absolute Gasteiger partial charge is 0.354 e. The lowest BCUT2D eigenvalue weighted by Gasteiger charge is -2.16. The molecule has 0 bridgehead atoms. The van der Waals surface area contributed by atoms with E-state index in [4.69, 9.17) is 9.79 Å². The highest BCUT2D eigenvalue weighted by molar-refractivity contribution is 7.52. The van der Waals surface area contributed by atoms with Gasteiger partial charge in [-0.2, -0.15) is 0 Å². The van der Waals surface area contributed by atoms with E-state index in [1.54, 1.807) is 0 Å². The second kappa shape index (κ2) is 18.0. The van der Waals surface area contributed by atoms with Gasteiger partial charge in [-0.25, -0.2) is 4.39 Å². The quantitative estimate of drug-likeness (QED) is 0.102. The molecule has 2 atom stereocenters. The maximum Gasteiger partial charge on any atom is 0.359 e. The van der Waals surface area contributed by atoms with Gasteiger partial charge in [-0.3, -0.25) is 23.8 Å². The first kappa shape index (κ1) is 32.7. The molecule has 1 aliphatic heterocycles. The van der Waals surface area contributed by atoms with Crippen LogP contribution in [0.3, 0.4) is 0 Å². The van der Waals surface area contributed by atoms with Crippen molar-refractivity contribution in [1.82, 2.24) is 10.2 Å². The Kier molecular flexibility index (Phi) is 16.4. The van der Waals surface area contributed by atoms with E-state index < -0.39 is 13.5 Å². The molecule has 0 spiro atoms. The largest absolute Gasteiger partial charge is 0.359 e. The van der Waals surface area contributed by atoms with Crippen molar-refractivity contribution in [1.29, 1.82) is 0 Å². The van der Waals surface area contributed by atoms with Crippen LogP contribution in [0.4, 0.5) is 4.39 Å². The first-order valence-corrected chi connectivity index (χ1v) is 15.5. The highest BCUT2D eigenvalue weighted by Crippen LogP contribution is 2.44. The van der Waals surface area contributed by atoms with E-state index in [-0.39, 0.29) is 48.9 Å². The molecule has 3 amide bonds. The lowest BCUT2D eigenvalue weighted by atomic mass is 9.94. The van der Waals surface area contributed by atoms with E-state index in [0.29, 0.717) is 19.4 Å². The van der Waals surface area contributed by atoms with Crippen LogP contribution in [0.15, 0.2) is 0 Å². The van der Waals surface area contributed by atoms with Crippen LogP contribution in [0.2, 0.25) is 0 Å². The van der Waals surface area contributed by atoms with Crippen LogP contribution in [0.5, 0.6) is 0 Å². The Morgan fingerprint density at radius 1 is 0.944 bits per heavy atom. The Morgan fingerprint density at radius 3 is 1.86 bits per heavy atom. The normalized spacial score (nSPS) is 17.3. The molecule has 0 aromatic carbocycles. The molecule has 0 aromatic rings. The molecule has 0 aliphatic carbocycles. The van der Waals surface area contributed by atoms with Gasteiger partial charge in [0.15, 0.2) is 0 Å². The molecule has 2 unspecified atom stereocenters. The summed E-state index contributed by atoms with van der Waals surface area (Å²) in [6, 6.07) is 0. The summed E-state index contributed by atoms with van der Waals surface area (Å²) in [7, 11) is -4.57. The van der Waals surface area contributed by atoms with Crippen LogP contribution in [0, 0.1) is 11.8 Å². The lowest BCUT2D eigenvalue weighted by Crippen LogP contribution is -2.38. The van der Waals surface area contributed by atoms with Crippen molar-refractivity contribution in [2.75, 3.05) is 13.1 Å². The van der Waals surface area contributed by atoms with E-state index in [1.165, 1.54) is 37.0 Å². The number of amides is 3. The average molecular weight is 535 g/mol. The Morgan fingerprint density at radius 2 is 1.42 bits per heavy atom. The van der Waals surface area contributed by atoms with Gasteiger partial charge in [0.2, 0.25) is 23.6 Å². The van der Waals surface area contributed by atoms with Crippen molar-refractivity contribution < 1.29 is 33.1 Å². The van der Waals surface area contributed by atoms with Gasteiger partial charge in [0.05, 0.1) is 0 Å². The number of likely N-dealkylation sites (tertiary alicyclic amines) is 1. The number of nitrogens with zero attached hydrogens (tertiary/aromatic N) is 1. The molecular weight excluding hydrogens is 486 g/mol. The second-order valence-electron chi connectivity index (χ2n) is 10.4. The van der Waals surface area contributed by atoms with Crippen molar-refractivity contribution in [2.24, 2.45) is 11.8 Å². The van der Waals surface area contributed by atoms with E-state index in [1.807, 2.05) is 13.8 Å². The SMILES string of the molecule is CC(C)C1CC(=O)N(CCNC(=O)CCCCCCCCCCCCCCCC(F)P(=O)(O)O)C1=O. The minimum Gasteiger partial charge on any atom is -0.354 e. The third-order valence-corrected chi connectivity index (χ3v) is 7.94.